The highest BCUT2D eigenvalue weighted by atomic mass is 32.1. The van der Waals surface area contributed by atoms with E-state index < -0.39 is 0 Å². The summed E-state index contributed by atoms with van der Waals surface area (Å²) in [5.41, 5.74) is 2.72. The molecule has 0 aliphatic carbocycles. The molecule has 1 aromatic carbocycles. The van der Waals surface area contributed by atoms with Crippen LogP contribution in [0.5, 0.6) is 0 Å². The number of H-pyrrole nitrogens is 1. The first-order chi connectivity index (χ1) is 12.6. The second-order valence-electron chi connectivity index (χ2n) is 6.13. The number of aromatic amines is 1. The van der Waals surface area contributed by atoms with Gasteiger partial charge in [-0.1, -0.05) is 19.4 Å². The van der Waals surface area contributed by atoms with E-state index in [-0.39, 0.29) is 11.4 Å². The third-order valence-electron chi connectivity index (χ3n) is 4.20. The molecule has 0 unspecified atom stereocenters. The number of hydrogen-bond acceptors (Lipinski definition) is 3. The minimum Gasteiger partial charge on any atom is -0.294 e. The summed E-state index contributed by atoms with van der Waals surface area (Å²) in [6.07, 6.45) is 2.55. The van der Waals surface area contributed by atoms with E-state index in [2.05, 4.69) is 28.5 Å². The Morgan fingerprint density at radius 3 is 2.65 bits per heavy atom. The predicted molar refractivity (Wildman–Crippen MR) is 105 cm³/mol. The van der Waals surface area contributed by atoms with Gasteiger partial charge in [-0.15, -0.1) is 11.3 Å². The number of hydrogen-bond donors (Lipinski definition) is 1. The van der Waals surface area contributed by atoms with Gasteiger partial charge in [-0.2, -0.15) is 0 Å². The second kappa shape index (κ2) is 8.27. The lowest BCUT2D eigenvalue weighted by molar-refractivity contribution is 0.626. The van der Waals surface area contributed by atoms with Crippen LogP contribution in [-0.2, 0) is 12.8 Å². The average molecular weight is 371 g/mol. The highest BCUT2D eigenvalue weighted by Gasteiger charge is 2.17. The van der Waals surface area contributed by atoms with Crippen LogP contribution < -0.4 is 5.56 Å². The molecule has 3 aromatic rings. The summed E-state index contributed by atoms with van der Waals surface area (Å²) in [5.74, 6) is -0.325. The highest BCUT2D eigenvalue weighted by molar-refractivity contribution is 7.09. The maximum Gasteiger partial charge on any atom is 0.280 e. The van der Waals surface area contributed by atoms with E-state index in [4.69, 9.17) is 0 Å². The van der Waals surface area contributed by atoms with E-state index in [0.717, 1.165) is 30.7 Å². The van der Waals surface area contributed by atoms with Gasteiger partial charge in [0.25, 0.3) is 5.56 Å². The number of nitrogens with zero attached hydrogens (tertiary/aromatic N) is 2. The van der Waals surface area contributed by atoms with Crippen LogP contribution in [0.25, 0.3) is 5.69 Å². The van der Waals surface area contributed by atoms with Crippen molar-refractivity contribution in [2.75, 3.05) is 6.54 Å². The summed E-state index contributed by atoms with van der Waals surface area (Å²) in [7, 11) is 0. The molecule has 1 N–H and O–H groups in total. The van der Waals surface area contributed by atoms with Crippen molar-refractivity contribution in [3.05, 3.63) is 74.1 Å². The summed E-state index contributed by atoms with van der Waals surface area (Å²) in [6.45, 7) is 4.60. The molecule has 0 amide bonds. The fourth-order valence-corrected chi connectivity index (χ4v) is 3.62. The molecule has 0 saturated carbocycles. The summed E-state index contributed by atoms with van der Waals surface area (Å²) in [4.78, 5) is 18.9. The van der Waals surface area contributed by atoms with Crippen LogP contribution >= 0.6 is 11.3 Å². The Morgan fingerprint density at radius 1 is 1.23 bits per heavy atom. The third-order valence-corrected chi connectivity index (χ3v) is 5.14. The number of aryl methyl sites for hydroxylation is 1. The van der Waals surface area contributed by atoms with E-state index >= 15 is 0 Å². The second-order valence-corrected chi connectivity index (χ2v) is 7.16. The normalized spacial score (nSPS) is 11.9. The number of aliphatic imine (C=N–C) groups is 1. The maximum atomic E-state index is 13.2. The number of benzene rings is 1. The van der Waals surface area contributed by atoms with E-state index in [1.165, 1.54) is 21.7 Å². The van der Waals surface area contributed by atoms with Crippen molar-refractivity contribution in [1.82, 2.24) is 9.78 Å². The minimum absolute atomic E-state index is 0.141. The lowest BCUT2D eigenvalue weighted by atomic mass is 10.1. The van der Waals surface area contributed by atoms with Gasteiger partial charge in [-0.25, -0.2) is 9.07 Å². The SMILES string of the molecule is CCCc1[nH]n(-c2ccc(F)cc2)c(=O)c1C(C)=NCCc1cccs1. The molecule has 3 rings (SSSR count). The number of halogens is 1. The molecule has 0 atom stereocenters. The van der Waals surface area contributed by atoms with Gasteiger partial charge in [-0.05, 0) is 49.1 Å². The number of aromatic nitrogens is 2. The average Bonchev–Trinajstić information content (AvgIpc) is 3.24. The van der Waals surface area contributed by atoms with Gasteiger partial charge in [-0.3, -0.25) is 14.9 Å². The number of nitrogens with one attached hydrogen (secondary N) is 1. The van der Waals surface area contributed by atoms with Gasteiger partial charge in [0, 0.05) is 29.2 Å². The molecular formula is C20H22FN3OS. The lowest BCUT2D eigenvalue weighted by Crippen LogP contribution is -2.20. The molecule has 0 fully saturated rings. The van der Waals surface area contributed by atoms with Gasteiger partial charge in [0.2, 0.25) is 0 Å². The Hall–Kier alpha value is -2.47. The molecule has 0 saturated heterocycles. The van der Waals surface area contributed by atoms with Gasteiger partial charge >= 0.3 is 0 Å². The molecule has 0 bridgehead atoms. The topological polar surface area (TPSA) is 50.1 Å². The molecule has 0 aliphatic rings. The molecule has 0 aliphatic heterocycles. The summed E-state index contributed by atoms with van der Waals surface area (Å²) in [5, 5.41) is 5.23. The van der Waals surface area contributed by atoms with Crippen LogP contribution in [0.15, 0.2) is 51.6 Å². The van der Waals surface area contributed by atoms with Crippen LogP contribution in [0.4, 0.5) is 4.39 Å². The Morgan fingerprint density at radius 2 is 2.00 bits per heavy atom. The molecular weight excluding hydrogens is 349 g/mol. The number of thiophene rings is 1. The van der Waals surface area contributed by atoms with E-state index in [0.29, 0.717) is 17.8 Å². The van der Waals surface area contributed by atoms with Gasteiger partial charge in [0.15, 0.2) is 0 Å². The monoisotopic (exact) mass is 371 g/mol. The number of rotatable bonds is 7. The van der Waals surface area contributed by atoms with Crippen molar-refractivity contribution >= 4 is 17.0 Å². The molecule has 2 aromatic heterocycles. The van der Waals surface area contributed by atoms with Crippen molar-refractivity contribution in [3.63, 3.8) is 0 Å². The van der Waals surface area contributed by atoms with Crippen LogP contribution in [0.2, 0.25) is 0 Å². The van der Waals surface area contributed by atoms with Crippen molar-refractivity contribution in [2.24, 2.45) is 4.99 Å². The summed E-state index contributed by atoms with van der Waals surface area (Å²) < 4.78 is 14.6. The Labute approximate surface area is 156 Å². The first kappa shape index (κ1) is 18.3. The van der Waals surface area contributed by atoms with E-state index in [9.17, 15) is 9.18 Å². The first-order valence-electron chi connectivity index (χ1n) is 8.73. The molecule has 136 valence electrons. The molecule has 0 radical (unpaired) electrons. The Bertz CT molecular complexity index is 937. The summed E-state index contributed by atoms with van der Waals surface area (Å²) >= 11 is 1.72. The summed E-state index contributed by atoms with van der Waals surface area (Å²) in [6, 6.07) is 10.0. The fourth-order valence-electron chi connectivity index (χ4n) is 2.93. The first-order valence-corrected chi connectivity index (χ1v) is 9.61. The molecule has 4 nitrogen and oxygen atoms in total. The van der Waals surface area contributed by atoms with E-state index in [1.807, 2.05) is 13.0 Å². The van der Waals surface area contributed by atoms with Crippen LogP contribution in [0.3, 0.4) is 0 Å². The van der Waals surface area contributed by atoms with Crippen LogP contribution in [-0.4, -0.2) is 22.0 Å². The smallest absolute Gasteiger partial charge is 0.280 e. The maximum absolute atomic E-state index is 13.2. The van der Waals surface area contributed by atoms with Crippen molar-refractivity contribution < 1.29 is 4.39 Å². The fraction of sp³-hybridized carbons (Fsp3) is 0.300. The molecule has 6 heteroatoms. The Balaban J connectivity index is 1.91. The van der Waals surface area contributed by atoms with Gasteiger partial charge < -0.3 is 0 Å². The zero-order chi connectivity index (χ0) is 18.5. The van der Waals surface area contributed by atoms with Crippen molar-refractivity contribution in [3.8, 4) is 5.69 Å². The van der Waals surface area contributed by atoms with Crippen molar-refractivity contribution in [1.29, 1.82) is 0 Å². The minimum atomic E-state index is -0.325. The van der Waals surface area contributed by atoms with Crippen molar-refractivity contribution in [2.45, 2.75) is 33.1 Å². The van der Waals surface area contributed by atoms with Gasteiger partial charge in [0.1, 0.15) is 5.82 Å². The molecule has 0 spiro atoms. The predicted octanol–water partition coefficient (Wildman–Crippen LogP) is 4.37. The molecule has 2 heterocycles. The van der Waals surface area contributed by atoms with E-state index in [1.54, 1.807) is 23.5 Å². The quantitative estimate of drug-likeness (QED) is 0.616. The highest BCUT2D eigenvalue weighted by Crippen LogP contribution is 2.13. The lowest BCUT2D eigenvalue weighted by Gasteiger charge is -2.01. The standard InChI is InChI=1S/C20H22FN3OS/c1-3-5-18-19(14(2)22-12-11-17-6-4-13-26-17)20(25)24(23-18)16-9-7-15(21)8-10-16/h4,6-10,13,23H,3,5,11-12H2,1-2H3. The zero-order valence-corrected chi connectivity index (χ0v) is 15.8. The zero-order valence-electron chi connectivity index (χ0n) is 15.0. The largest absolute Gasteiger partial charge is 0.294 e. The third kappa shape index (κ3) is 4.02. The van der Waals surface area contributed by atoms with Gasteiger partial charge in [0.05, 0.1) is 11.3 Å². The Kier molecular flexibility index (Phi) is 5.83. The van der Waals surface area contributed by atoms with Crippen LogP contribution in [0.1, 0.15) is 36.4 Å². The molecule has 26 heavy (non-hydrogen) atoms. The van der Waals surface area contributed by atoms with Crippen LogP contribution in [0, 0.1) is 5.82 Å².